The van der Waals surface area contributed by atoms with E-state index in [0.717, 1.165) is 32.0 Å². The molecule has 3 rings (SSSR count). The van der Waals surface area contributed by atoms with Crippen LogP contribution in [-0.4, -0.2) is 35.2 Å². The third-order valence-corrected chi connectivity index (χ3v) is 4.96. The highest BCUT2D eigenvalue weighted by atomic mass is 127. The maximum absolute atomic E-state index is 5.94. The van der Waals surface area contributed by atoms with Crippen molar-refractivity contribution in [2.45, 2.75) is 39.5 Å². The van der Waals surface area contributed by atoms with Crippen molar-refractivity contribution < 1.29 is 4.74 Å². The minimum Gasteiger partial charge on any atom is -0.374 e. The molecule has 0 aliphatic heterocycles. The zero-order valence-electron chi connectivity index (χ0n) is 18.9. The fourth-order valence-electron chi connectivity index (χ4n) is 3.21. The smallest absolute Gasteiger partial charge is 0.191 e. The van der Waals surface area contributed by atoms with Gasteiger partial charge in [0.15, 0.2) is 5.96 Å². The van der Waals surface area contributed by atoms with Gasteiger partial charge in [-0.3, -0.25) is 0 Å². The van der Waals surface area contributed by atoms with Crippen LogP contribution in [0.2, 0.25) is 0 Å². The van der Waals surface area contributed by atoms with Gasteiger partial charge in [0.2, 0.25) is 0 Å². The number of nitrogens with zero attached hydrogens (tertiary/aromatic N) is 3. The summed E-state index contributed by atoms with van der Waals surface area (Å²) in [5.74, 6) is 0.834. The van der Waals surface area contributed by atoms with Crippen molar-refractivity contribution in [3.63, 3.8) is 0 Å². The third kappa shape index (κ3) is 9.00. The fraction of sp³-hybridized carbons (Fsp3) is 0.360. The molecule has 0 spiro atoms. The van der Waals surface area contributed by atoms with E-state index in [4.69, 9.17) is 9.73 Å². The molecule has 2 N–H and O–H groups in total. The van der Waals surface area contributed by atoms with Crippen LogP contribution in [0.1, 0.15) is 43.1 Å². The molecule has 32 heavy (non-hydrogen) atoms. The van der Waals surface area contributed by atoms with Crippen LogP contribution in [0.5, 0.6) is 0 Å². The van der Waals surface area contributed by atoms with Crippen LogP contribution in [-0.2, 0) is 17.8 Å². The zero-order valence-corrected chi connectivity index (χ0v) is 21.2. The number of ether oxygens (including phenoxy) is 1. The lowest BCUT2D eigenvalue weighted by atomic mass is 10.1. The van der Waals surface area contributed by atoms with Crippen molar-refractivity contribution in [2.24, 2.45) is 4.99 Å². The second kappa shape index (κ2) is 14.6. The number of guanidine groups is 1. The number of hydrogen-bond donors (Lipinski definition) is 2. The summed E-state index contributed by atoms with van der Waals surface area (Å²) in [5, 5.41) is 6.70. The van der Waals surface area contributed by atoms with Crippen LogP contribution in [0, 0.1) is 0 Å². The van der Waals surface area contributed by atoms with Gasteiger partial charge < -0.3 is 19.9 Å². The van der Waals surface area contributed by atoms with E-state index in [0.29, 0.717) is 13.2 Å². The molecule has 1 unspecified atom stereocenters. The van der Waals surface area contributed by atoms with E-state index in [9.17, 15) is 0 Å². The predicted octanol–water partition coefficient (Wildman–Crippen LogP) is 4.77. The minimum atomic E-state index is 0. The van der Waals surface area contributed by atoms with Crippen LogP contribution in [0.25, 0.3) is 0 Å². The Morgan fingerprint density at radius 1 is 1.06 bits per heavy atom. The molecule has 1 atom stereocenters. The minimum absolute atomic E-state index is 0. The largest absolute Gasteiger partial charge is 0.374 e. The second-order valence-electron chi connectivity index (χ2n) is 7.45. The summed E-state index contributed by atoms with van der Waals surface area (Å²) >= 11 is 0. The Kier molecular flexibility index (Phi) is 11.8. The van der Waals surface area contributed by atoms with Gasteiger partial charge in [-0.15, -0.1) is 24.0 Å². The van der Waals surface area contributed by atoms with Crippen molar-refractivity contribution in [3.05, 3.63) is 90.0 Å². The predicted molar refractivity (Wildman–Crippen MR) is 141 cm³/mol. The Hall–Kier alpha value is -2.39. The maximum Gasteiger partial charge on any atom is 0.191 e. The van der Waals surface area contributed by atoms with E-state index in [-0.39, 0.29) is 30.1 Å². The molecule has 0 bridgehead atoms. The number of aliphatic imine (C=N–C) groups is 1. The molecule has 0 saturated heterocycles. The average molecular weight is 547 g/mol. The number of halogens is 1. The van der Waals surface area contributed by atoms with Gasteiger partial charge in [0.25, 0.3) is 0 Å². The summed E-state index contributed by atoms with van der Waals surface area (Å²) in [4.78, 5) is 8.79. The molecule has 172 valence electrons. The summed E-state index contributed by atoms with van der Waals surface area (Å²) in [6.45, 7) is 8.00. The van der Waals surface area contributed by atoms with Crippen molar-refractivity contribution in [2.75, 3.05) is 19.7 Å². The molecular formula is C25H34IN5O. The van der Waals surface area contributed by atoms with Crippen molar-refractivity contribution in [3.8, 4) is 0 Å². The fourth-order valence-corrected chi connectivity index (χ4v) is 3.21. The van der Waals surface area contributed by atoms with Gasteiger partial charge in [0.1, 0.15) is 0 Å². The van der Waals surface area contributed by atoms with Gasteiger partial charge in [-0.2, -0.15) is 0 Å². The molecule has 0 amide bonds. The number of hydrogen-bond acceptors (Lipinski definition) is 3. The van der Waals surface area contributed by atoms with Crippen LogP contribution in [0.4, 0.5) is 0 Å². The molecule has 0 radical (unpaired) electrons. The lowest BCUT2D eigenvalue weighted by Gasteiger charge is -2.14. The normalized spacial score (nSPS) is 12.1. The molecule has 1 heterocycles. The number of aromatic nitrogens is 2. The average Bonchev–Trinajstić information content (AvgIpc) is 3.31. The molecule has 0 fully saturated rings. The quantitative estimate of drug-likeness (QED) is 0.157. The lowest BCUT2D eigenvalue weighted by Crippen LogP contribution is -2.38. The van der Waals surface area contributed by atoms with Gasteiger partial charge in [-0.25, -0.2) is 9.98 Å². The summed E-state index contributed by atoms with van der Waals surface area (Å²) in [5.41, 5.74) is 3.65. The first kappa shape index (κ1) is 25.9. The summed E-state index contributed by atoms with van der Waals surface area (Å²) < 4.78 is 8.00. The van der Waals surface area contributed by atoms with Gasteiger partial charge >= 0.3 is 0 Å². The number of rotatable bonds is 11. The van der Waals surface area contributed by atoms with Crippen LogP contribution in [0.3, 0.4) is 0 Å². The molecule has 2 aromatic carbocycles. The first-order valence-electron chi connectivity index (χ1n) is 11.0. The Balaban J connectivity index is 0.00000363. The van der Waals surface area contributed by atoms with Gasteiger partial charge in [0, 0.05) is 38.6 Å². The Morgan fingerprint density at radius 2 is 1.81 bits per heavy atom. The molecule has 3 aromatic rings. The van der Waals surface area contributed by atoms with Crippen LogP contribution in [0.15, 0.2) is 78.3 Å². The van der Waals surface area contributed by atoms with E-state index >= 15 is 0 Å². The lowest BCUT2D eigenvalue weighted by molar-refractivity contribution is 0.0646. The standard InChI is InChI=1S/C25H33N5O.HI/c1-3-27-25(28-14-7-17-31-21(2)24-8-5-4-6-9-24)29-18-22-10-12-23(13-11-22)19-30-16-15-26-20-30;/h4-6,8-13,15-16,20-21H,3,7,14,17-19H2,1-2H3,(H2,27,28,29);1H. The van der Waals surface area contributed by atoms with E-state index in [1.807, 2.05) is 30.7 Å². The van der Waals surface area contributed by atoms with Crippen molar-refractivity contribution >= 4 is 29.9 Å². The summed E-state index contributed by atoms with van der Waals surface area (Å²) in [7, 11) is 0. The Bertz CT molecular complexity index is 898. The van der Waals surface area contributed by atoms with Crippen LogP contribution >= 0.6 is 24.0 Å². The highest BCUT2D eigenvalue weighted by Gasteiger charge is 2.04. The summed E-state index contributed by atoms with van der Waals surface area (Å²) in [6.07, 6.45) is 6.64. The third-order valence-electron chi connectivity index (χ3n) is 4.96. The van der Waals surface area contributed by atoms with E-state index in [1.165, 1.54) is 16.7 Å². The monoisotopic (exact) mass is 547 g/mol. The number of nitrogens with one attached hydrogen (secondary N) is 2. The van der Waals surface area contributed by atoms with Gasteiger partial charge in [0.05, 0.1) is 19.0 Å². The van der Waals surface area contributed by atoms with Crippen molar-refractivity contribution in [1.29, 1.82) is 0 Å². The molecule has 6 nitrogen and oxygen atoms in total. The topological polar surface area (TPSA) is 63.5 Å². The van der Waals surface area contributed by atoms with E-state index < -0.39 is 0 Å². The molecule has 7 heteroatoms. The second-order valence-corrected chi connectivity index (χ2v) is 7.45. The van der Waals surface area contributed by atoms with E-state index in [2.05, 4.69) is 70.4 Å². The highest BCUT2D eigenvalue weighted by Crippen LogP contribution is 2.15. The molecule has 0 aliphatic rings. The van der Waals surface area contributed by atoms with Gasteiger partial charge in [-0.1, -0.05) is 54.6 Å². The maximum atomic E-state index is 5.94. The first-order chi connectivity index (χ1) is 15.2. The van der Waals surface area contributed by atoms with E-state index in [1.54, 1.807) is 6.20 Å². The molecular weight excluding hydrogens is 513 g/mol. The molecule has 0 saturated carbocycles. The SMILES string of the molecule is CCNC(=NCc1ccc(Cn2ccnc2)cc1)NCCCOC(C)c1ccccc1.I. The molecule has 1 aromatic heterocycles. The summed E-state index contributed by atoms with van der Waals surface area (Å²) in [6, 6.07) is 18.9. The number of benzene rings is 2. The molecule has 0 aliphatic carbocycles. The zero-order chi connectivity index (χ0) is 21.7. The van der Waals surface area contributed by atoms with Gasteiger partial charge in [-0.05, 0) is 37.0 Å². The Morgan fingerprint density at radius 3 is 2.50 bits per heavy atom. The first-order valence-corrected chi connectivity index (χ1v) is 11.0. The number of imidazole rings is 1. The van der Waals surface area contributed by atoms with Crippen molar-refractivity contribution in [1.82, 2.24) is 20.2 Å². The van der Waals surface area contributed by atoms with Crippen LogP contribution < -0.4 is 10.6 Å². The Labute approximate surface area is 208 Å². The highest BCUT2D eigenvalue weighted by molar-refractivity contribution is 14.0.